The van der Waals surface area contributed by atoms with E-state index in [1.807, 2.05) is 0 Å². The van der Waals surface area contributed by atoms with Crippen LogP contribution in [0.15, 0.2) is 41.3 Å². The summed E-state index contributed by atoms with van der Waals surface area (Å²) in [7, 11) is -1.50. The van der Waals surface area contributed by atoms with Crippen molar-refractivity contribution in [2.75, 3.05) is 32.7 Å². The van der Waals surface area contributed by atoms with E-state index in [1.54, 1.807) is 18.2 Å². The number of methoxy groups -OCH3 is 2. The maximum atomic E-state index is 13.7. The zero-order chi connectivity index (χ0) is 22.6. The molecule has 1 unspecified atom stereocenters. The Hall–Kier alpha value is -2.50. The van der Waals surface area contributed by atoms with Gasteiger partial charge in [-0.15, -0.1) is 0 Å². The second-order valence-electron chi connectivity index (χ2n) is 6.89. The summed E-state index contributed by atoms with van der Waals surface area (Å²) in [6.45, 7) is 0.429. The third kappa shape index (κ3) is 5.60. The Morgan fingerprint density at radius 2 is 1.90 bits per heavy atom. The molecule has 170 valence electrons. The first-order valence-corrected chi connectivity index (χ1v) is 10.9. The topological polar surface area (TPSA) is 85.9 Å². The zero-order valence-corrected chi connectivity index (χ0v) is 17.8. The number of ether oxygens (including phenoxy) is 3. The van der Waals surface area contributed by atoms with E-state index in [0.717, 1.165) is 18.6 Å². The first-order chi connectivity index (χ1) is 14.6. The van der Waals surface area contributed by atoms with Crippen LogP contribution < -0.4 is 19.5 Å². The van der Waals surface area contributed by atoms with Crippen molar-refractivity contribution in [3.05, 3.63) is 42.0 Å². The third-order valence-electron chi connectivity index (χ3n) is 4.79. The maximum absolute atomic E-state index is 13.7. The van der Waals surface area contributed by atoms with E-state index in [0.29, 0.717) is 30.2 Å². The monoisotopic (exact) mass is 460 g/mol. The summed E-state index contributed by atoms with van der Waals surface area (Å²) in [6, 6.07) is 7.71. The van der Waals surface area contributed by atoms with Gasteiger partial charge < -0.3 is 19.5 Å². The number of hydrogen-bond acceptors (Lipinski definition) is 6. The SMILES string of the molecule is COc1ccc(Nc2ccc(S(=O)(=O)NCC3CCCO3)c(C(F)(F)F)c2)c(OC)c1. The zero-order valence-electron chi connectivity index (χ0n) is 17.0. The molecule has 2 aromatic rings. The van der Waals surface area contributed by atoms with Gasteiger partial charge in [0.1, 0.15) is 11.5 Å². The van der Waals surface area contributed by atoms with Gasteiger partial charge in [0, 0.05) is 24.9 Å². The molecule has 0 amide bonds. The van der Waals surface area contributed by atoms with Gasteiger partial charge in [-0.2, -0.15) is 13.2 Å². The highest BCUT2D eigenvalue weighted by Crippen LogP contribution is 2.38. The largest absolute Gasteiger partial charge is 0.497 e. The van der Waals surface area contributed by atoms with Gasteiger partial charge in [-0.1, -0.05) is 0 Å². The second kappa shape index (κ2) is 9.33. The van der Waals surface area contributed by atoms with Crippen LogP contribution in [0.2, 0.25) is 0 Å². The maximum Gasteiger partial charge on any atom is 0.417 e. The summed E-state index contributed by atoms with van der Waals surface area (Å²) in [4.78, 5) is -0.842. The summed E-state index contributed by atoms with van der Waals surface area (Å²) < 4.78 is 84.1. The number of hydrogen-bond donors (Lipinski definition) is 2. The van der Waals surface area contributed by atoms with Crippen molar-refractivity contribution < 1.29 is 35.8 Å². The fourth-order valence-corrected chi connectivity index (χ4v) is 4.48. The molecule has 1 heterocycles. The van der Waals surface area contributed by atoms with Gasteiger partial charge in [-0.05, 0) is 43.2 Å². The Labute approximate surface area is 178 Å². The van der Waals surface area contributed by atoms with E-state index in [9.17, 15) is 21.6 Å². The molecular formula is C20H23F3N2O5S. The Morgan fingerprint density at radius 3 is 2.52 bits per heavy atom. The summed E-state index contributed by atoms with van der Waals surface area (Å²) in [5, 5.41) is 2.83. The standard InChI is InChI=1S/C20H23F3N2O5S/c1-28-14-6-7-17(18(11-14)29-2)25-13-5-8-19(16(10-13)20(21,22)23)31(26,27)24-12-15-4-3-9-30-15/h5-8,10-11,15,24-25H,3-4,9,12H2,1-2H3. The van der Waals surface area contributed by atoms with Crippen LogP contribution >= 0.6 is 0 Å². The van der Waals surface area contributed by atoms with E-state index in [4.69, 9.17) is 14.2 Å². The van der Waals surface area contributed by atoms with Gasteiger partial charge in [-0.3, -0.25) is 0 Å². The van der Waals surface area contributed by atoms with Gasteiger partial charge in [0.05, 0.1) is 36.5 Å². The molecule has 0 bridgehead atoms. The third-order valence-corrected chi connectivity index (χ3v) is 6.27. The van der Waals surface area contributed by atoms with Gasteiger partial charge in [-0.25, -0.2) is 13.1 Å². The minimum atomic E-state index is -4.88. The normalized spacial score (nSPS) is 16.9. The lowest BCUT2D eigenvalue weighted by Gasteiger charge is -2.18. The van der Waals surface area contributed by atoms with E-state index < -0.39 is 26.7 Å². The molecule has 2 N–H and O–H groups in total. The molecule has 1 aliphatic heterocycles. The van der Waals surface area contributed by atoms with Crippen LogP contribution in [0.25, 0.3) is 0 Å². The first-order valence-electron chi connectivity index (χ1n) is 9.45. The van der Waals surface area contributed by atoms with Crippen molar-refractivity contribution in [2.45, 2.75) is 30.0 Å². The van der Waals surface area contributed by atoms with E-state index in [1.165, 1.54) is 20.3 Å². The molecular weight excluding hydrogens is 437 g/mol. The van der Waals surface area contributed by atoms with E-state index >= 15 is 0 Å². The molecule has 0 aliphatic carbocycles. The van der Waals surface area contributed by atoms with Crippen molar-refractivity contribution in [3.8, 4) is 11.5 Å². The average molecular weight is 460 g/mol. The summed E-state index contributed by atoms with van der Waals surface area (Å²) in [5.41, 5.74) is -0.831. The molecule has 1 atom stereocenters. The fraction of sp³-hybridized carbons (Fsp3) is 0.400. The molecule has 31 heavy (non-hydrogen) atoms. The molecule has 1 aliphatic rings. The van der Waals surface area contributed by atoms with Crippen LogP contribution in [0.3, 0.4) is 0 Å². The van der Waals surface area contributed by atoms with E-state index in [-0.39, 0.29) is 18.3 Å². The average Bonchev–Trinajstić information content (AvgIpc) is 3.25. The fourth-order valence-electron chi connectivity index (χ4n) is 3.21. The quantitative estimate of drug-likeness (QED) is 0.621. The van der Waals surface area contributed by atoms with Gasteiger partial charge in [0.25, 0.3) is 0 Å². The number of halogens is 3. The number of rotatable bonds is 8. The predicted octanol–water partition coefficient (Wildman–Crippen LogP) is 3.92. The summed E-state index contributed by atoms with van der Waals surface area (Å²) >= 11 is 0. The number of anilines is 2. The highest BCUT2D eigenvalue weighted by molar-refractivity contribution is 7.89. The molecule has 0 aromatic heterocycles. The van der Waals surface area contributed by atoms with Crippen molar-refractivity contribution in [3.63, 3.8) is 0 Å². The van der Waals surface area contributed by atoms with Gasteiger partial charge in [0.15, 0.2) is 0 Å². The molecule has 1 saturated heterocycles. The number of benzene rings is 2. The van der Waals surface area contributed by atoms with Crippen LogP contribution in [-0.2, 0) is 20.9 Å². The second-order valence-corrected chi connectivity index (χ2v) is 8.62. The van der Waals surface area contributed by atoms with Gasteiger partial charge in [0.2, 0.25) is 10.0 Å². The number of nitrogens with one attached hydrogen (secondary N) is 2. The number of sulfonamides is 1. The molecule has 7 nitrogen and oxygen atoms in total. The minimum Gasteiger partial charge on any atom is -0.497 e. The Morgan fingerprint density at radius 1 is 1.13 bits per heavy atom. The van der Waals surface area contributed by atoms with Crippen molar-refractivity contribution in [1.29, 1.82) is 0 Å². The van der Waals surface area contributed by atoms with Crippen LogP contribution in [0, 0.1) is 0 Å². The Balaban J connectivity index is 1.90. The lowest BCUT2D eigenvalue weighted by atomic mass is 10.1. The lowest BCUT2D eigenvalue weighted by molar-refractivity contribution is -0.139. The van der Waals surface area contributed by atoms with Crippen LogP contribution in [-0.4, -0.2) is 41.9 Å². The first kappa shape index (κ1) is 23.2. The molecule has 3 rings (SSSR count). The van der Waals surface area contributed by atoms with Crippen LogP contribution in [0.4, 0.5) is 24.5 Å². The van der Waals surface area contributed by atoms with Crippen molar-refractivity contribution in [1.82, 2.24) is 4.72 Å². The van der Waals surface area contributed by atoms with Gasteiger partial charge >= 0.3 is 6.18 Å². The highest BCUT2D eigenvalue weighted by Gasteiger charge is 2.37. The molecule has 0 spiro atoms. The smallest absolute Gasteiger partial charge is 0.417 e. The predicted molar refractivity (Wildman–Crippen MR) is 108 cm³/mol. The van der Waals surface area contributed by atoms with E-state index in [2.05, 4.69) is 10.0 Å². The summed E-state index contributed by atoms with van der Waals surface area (Å²) in [6.07, 6.45) is -3.78. The molecule has 11 heteroatoms. The Kier molecular flexibility index (Phi) is 6.97. The lowest BCUT2D eigenvalue weighted by Crippen LogP contribution is -2.33. The molecule has 2 aromatic carbocycles. The number of alkyl halides is 3. The van der Waals surface area contributed by atoms with Crippen molar-refractivity contribution >= 4 is 21.4 Å². The van der Waals surface area contributed by atoms with Crippen molar-refractivity contribution in [2.24, 2.45) is 0 Å². The molecule has 0 saturated carbocycles. The summed E-state index contributed by atoms with van der Waals surface area (Å²) in [5.74, 6) is 0.861. The van der Waals surface area contributed by atoms with Crippen LogP contribution in [0.5, 0.6) is 11.5 Å². The molecule has 1 fully saturated rings. The highest BCUT2D eigenvalue weighted by atomic mass is 32.2. The molecule has 0 radical (unpaired) electrons. The van der Waals surface area contributed by atoms with Crippen LogP contribution in [0.1, 0.15) is 18.4 Å². The minimum absolute atomic E-state index is 0.0499. The Bertz CT molecular complexity index is 1020.